The van der Waals surface area contributed by atoms with Crippen LogP contribution >= 0.6 is 0 Å². The fourth-order valence-corrected chi connectivity index (χ4v) is 1.70. The van der Waals surface area contributed by atoms with E-state index < -0.39 is 6.10 Å². The predicted molar refractivity (Wildman–Crippen MR) is 74.2 cm³/mol. The van der Waals surface area contributed by atoms with Crippen LogP contribution in [0.25, 0.3) is 0 Å². The summed E-state index contributed by atoms with van der Waals surface area (Å²) in [6.45, 7) is 2.13. The molecular formula is C13H17N5O2. The Morgan fingerprint density at radius 3 is 3.05 bits per heavy atom. The molecule has 0 aliphatic heterocycles. The first-order valence-corrected chi connectivity index (χ1v) is 6.32. The number of urea groups is 1. The molecule has 0 aliphatic carbocycles. The van der Waals surface area contributed by atoms with Gasteiger partial charge < -0.3 is 15.7 Å². The fourth-order valence-electron chi connectivity index (χ4n) is 1.70. The number of aromatic amines is 1. The van der Waals surface area contributed by atoms with Crippen molar-refractivity contribution in [3.63, 3.8) is 0 Å². The maximum Gasteiger partial charge on any atom is 0.319 e. The van der Waals surface area contributed by atoms with Gasteiger partial charge in [-0.2, -0.15) is 5.10 Å². The number of nitrogens with zero attached hydrogens (tertiary/aromatic N) is 2. The van der Waals surface area contributed by atoms with Crippen molar-refractivity contribution < 1.29 is 9.90 Å². The molecule has 0 saturated carbocycles. The van der Waals surface area contributed by atoms with Gasteiger partial charge in [0.25, 0.3) is 0 Å². The second kappa shape index (κ2) is 6.67. The van der Waals surface area contributed by atoms with E-state index in [9.17, 15) is 9.90 Å². The molecule has 20 heavy (non-hydrogen) atoms. The molecule has 0 bridgehead atoms. The summed E-state index contributed by atoms with van der Waals surface area (Å²) >= 11 is 0. The highest BCUT2D eigenvalue weighted by molar-refractivity contribution is 5.89. The number of H-pyrrole nitrogens is 1. The number of hydrogen-bond acceptors (Lipinski definition) is 4. The summed E-state index contributed by atoms with van der Waals surface area (Å²) in [6, 6.07) is 6.79. The Hall–Kier alpha value is -2.41. The van der Waals surface area contributed by atoms with Gasteiger partial charge in [0.05, 0.1) is 6.10 Å². The molecule has 0 radical (unpaired) electrons. The standard InChI is InChI=1S/C13H17N5O2/c1-9(19)10-3-2-4-11(7-10)17-13(20)14-6-5-12-15-8-16-18-12/h2-4,7-9,19H,5-6H2,1H3,(H2,14,17,20)(H,15,16,18). The summed E-state index contributed by atoms with van der Waals surface area (Å²) in [6.07, 6.45) is 1.45. The van der Waals surface area contributed by atoms with Crippen LogP contribution in [0.3, 0.4) is 0 Å². The van der Waals surface area contributed by atoms with E-state index in [1.807, 2.05) is 0 Å². The van der Waals surface area contributed by atoms with Crippen LogP contribution in [0, 0.1) is 0 Å². The first-order valence-electron chi connectivity index (χ1n) is 6.32. The molecule has 0 aliphatic rings. The quantitative estimate of drug-likeness (QED) is 0.658. The number of rotatable bonds is 5. The van der Waals surface area contributed by atoms with Gasteiger partial charge in [0, 0.05) is 18.7 Å². The third kappa shape index (κ3) is 4.06. The number of aliphatic hydroxyl groups excluding tert-OH is 1. The number of carbonyl (C=O) groups excluding carboxylic acids is 1. The molecule has 2 rings (SSSR count). The molecule has 106 valence electrons. The fraction of sp³-hybridized carbons (Fsp3) is 0.308. The van der Waals surface area contributed by atoms with Crippen LogP contribution in [0.1, 0.15) is 24.4 Å². The Labute approximate surface area is 116 Å². The average Bonchev–Trinajstić information content (AvgIpc) is 2.92. The third-order valence-electron chi connectivity index (χ3n) is 2.74. The van der Waals surface area contributed by atoms with Crippen LogP contribution in [0.5, 0.6) is 0 Å². The van der Waals surface area contributed by atoms with E-state index in [0.717, 1.165) is 11.4 Å². The normalized spacial score (nSPS) is 11.9. The van der Waals surface area contributed by atoms with Crippen molar-refractivity contribution in [2.24, 2.45) is 0 Å². The highest BCUT2D eigenvalue weighted by atomic mass is 16.3. The monoisotopic (exact) mass is 275 g/mol. The lowest BCUT2D eigenvalue weighted by Gasteiger charge is -2.09. The van der Waals surface area contributed by atoms with Crippen molar-refractivity contribution >= 4 is 11.7 Å². The van der Waals surface area contributed by atoms with Crippen LogP contribution in [-0.2, 0) is 6.42 Å². The summed E-state index contributed by atoms with van der Waals surface area (Å²) in [5.41, 5.74) is 1.39. The molecule has 2 aromatic rings. The Morgan fingerprint density at radius 2 is 2.35 bits per heavy atom. The highest BCUT2D eigenvalue weighted by Gasteiger charge is 2.05. The first-order chi connectivity index (χ1) is 9.65. The Bertz CT molecular complexity index is 554. The van der Waals surface area contributed by atoms with Crippen molar-refractivity contribution in [1.82, 2.24) is 20.5 Å². The lowest BCUT2D eigenvalue weighted by Crippen LogP contribution is -2.30. The molecule has 2 amide bonds. The van der Waals surface area contributed by atoms with Crippen molar-refractivity contribution in [3.8, 4) is 0 Å². The van der Waals surface area contributed by atoms with E-state index in [-0.39, 0.29) is 6.03 Å². The summed E-state index contributed by atoms with van der Waals surface area (Å²) in [4.78, 5) is 15.7. The van der Waals surface area contributed by atoms with Gasteiger partial charge in [0.1, 0.15) is 12.2 Å². The molecule has 7 nitrogen and oxygen atoms in total. The van der Waals surface area contributed by atoms with Crippen LogP contribution in [0.15, 0.2) is 30.6 Å². The third-order valence-corrected chi connectivity index (χ3v) is 2.74. The number of aliphatic hydroxyl groups is 1. The Balaban J connectivity index is 1.80. The minimum Gasteiger partial charge on any atom is -0.389 e. The van der Waals surface area contributed by atoms with E-state index in [1.165, 1.54) is 6.33 Å². The first kappa shape index (κ1) is 14.0. The second-order valence-electron chi connectivity index (χ2n) is 4.36. The molecule has 1 unspecified atom stereocenters. The van der Waals surface area contributed by atoms with E-state index >= 15 is 0 Å². The van der Waals surface area contributed by atoms with Crippen LogP contribution < -0.4 is 10.6 Å². The summed E-state index contributed by atoms with van der Waals surface area (Å²) < 4.78 is 0. The number of anilines is 1. The smallest absolute Gasteiger partial charge is 0.319 e. The van der Waals surface area contributed by atoms with Crippen molar-refractivity contribution in [2.75, 3.05) is 11.9 Å². The molecule has 1 aromatic heterocycles. The zero-order valence-corrected chi connectivity index (χ0v) is 11.1. The van der Waals surface area contributed by atoms with Crippen LogP contribution in [-0.4, -0.2) is 32.9 Å². The summed E-state index contributed by atoms with van der Waals surface area (Å²) in [5.74, 6) is 0.724. The minimum atomic E-state index is -0.564. The van der Waals surface area contributed by atoms with E-state index in [4.69, 9.17) is 0 Å². The van der Waals surface area contributed by atoms with Gasteiger partial charge in [-0.1, -0.05) is 12.1 Å². The lowest BCUT2D eigenvalue weighted by atomic mass is 10.1. The number of amides is 2. The number of hydrogen-bond donors (Lipinski definition) is 4. The van der Waals surface area contributed by atoms with Gasteiger partial charge in [-0.25, -0.2) is 9.78 Å². The number of benzene rings is 1. The zero-order chi connectivity index (χ0) is 14.4. The molecule has 1 atom stereocenters. The molecule has 0 saturated heterocycles. The van der Waals surface area contributed by atoms with Gasteiger partial charge in [-0.15, -0.1) is 0 Å². The van der Waals surface area contributed by atoms with E-state index in [2.05, 4.69) is 25.8 Å². The van der Waals surface area contributed by atoms with Gasteiger partial charge in [-0.3, -0.25) is 5.10 Å². The lowest BCUT2D eigenvalue weighted by molar-refractivity contribution is 0.199. The highest BCUT2D eigenvalue weighted by Crippen LogP contribution is 2.16. The molecular weight excluding hydrogens is 258 g/mol. The van der Waals surface area contributed by atoms with Crippen molar-refractivity contribution in [2.45, 2.75) is 19.4 Å². The Kier molecular flexibility index (Phi) is 4.67. The molecule has 7 heteroatoms. The van der Waals surface area contributed by atoms with Gasteiger partial charge >= 0.3 is 6.03 Å². The largest absolute Gasteiger partial charge is 0.389 e. The summed E-state index contributed by atoms with van der Waals surface area (Å²) in [5, 5.41) is 21.4. The van der Waals surface area contributed by atoms with Crippen LogP contribution in [0.2, 0.25) is 0 Å². The van der Waals surface area contributed by atoms with Crippen molar-refractivity contribution in [3.05, 3.63) is 42.0 Å². The molecule has 0 fully saturated rings. The van der Waals surface area contributed by atoms with Crippen LogP contribution in [0.4, 0.5) is 10.5 Å². The number of nitrogens with one attached hydrogen (secondary N) is 3. The molecule has 0 spiro atoms. The predicted octanol–water partition coefficient (Wildman–Crippen LogP) is 1.22. The average molecular weight is 275 g/mol. The van der Waals surface area contributed by atoms with E-state index in [1.54, 1.807) is 31.2 Å². The molecule has 4 N–H and O–H groups in total. The van der Waals surface area contributed by atoms with E-state index in [0.29, 0.717) is 18.7 Å². The second-order valence-corrected chi connectivity index (χ2v) is 4.36. The van der Waals surface area contributed by atoms with Crippen molar-refractivity contribution in [1.29, 1.82) is 0 Å². The van der Waals surface area contributed by atoms with Gasteiger partial charge in [-0.05, 0) is 24.6 Å². The molecule has 1 aromatic carbocycles. The number of carbonyl (C=O) groups is 1. The van der Waals surface area contributed by atoms with Gasteiger partial charge in [0.2, 0.25) is 0 Å². The van der Waals surface area contributed by atoms with Gasteiger partial charge in [0.15, 0.2) is 0 Å². The zero-order valence-electron chi connectivity index (χ0n) is 11.1. The Morgan fingerprint density at radius 1 is 1.50 bits per heavy atom. The summed E-state index contributed by atoms with van der Waals surface area (Å²) in [7, 11) is 0. The minimum absolute atomic E-state index is 0.299. The SMILES string of the molecule is CC(O)c1cccc(NC(=O)NCCc2ncn[nH]2)c1. The maximum atomic E-state index is 11.7. The number of aromatic nitrogens is 3. The maximum absolute atomic E-state index is 11.7. The molecule has 1 heterocycles. The topological polar surface area (TPSA) is 103 Å².